The second-order valence-electron chi connectivity index (χ2n) is 3.92. The van der Waals surface area contributed by atoms with Crippen molar-refractivity contribution < 1.29 is 19.2 Å². The minimum Gasteiger partial charge on any atom is -0.534 e. The van der Waals surface area contributed by atoms with Crippen molar-refractivity contribution in [1.82, 2.24) is 5.32 Å². The van der Waals surface area contributed by atoms with Crippen molar-refractivity contribution in [2.24, 2.45) is 0 Å². The van der Waals surface area contributed by atoms with Crippen LogP contribution in [0.3, 0.4) is 0 Å². The number of likely N-dealkylation sites (N-methyl/N-ethyl adjacent to an activating group) is 1. The van der Waals surface area contributed by atoms with Crippen molar-refractivity contribution in [3.8, 4) is 5.75 Å². The lowest BCUT2D eigenvalue weighted by atomic mass is 9.72. The molecule has 0 spiro atoms. The van der Waals surface area contributed by atoms with Crippen LogP contribution in [0.15, 0.2) is 18.2 Å². The molecule has 0 amide bonds. The Kier molecular flexibility index (Phi) is 3.35. The monoisotopic (exact) mass is 235 g/mol. The van der Waals surface area contributed by atoms with Gasteiger partial charge in [0, 0.05) is 7.11 Å². The van der Waals surface area contributed by atoms with Gasteiger partial charge in [-0.3, -0.25) is 0 Å². The van der Waals surface area contributed by atoms with Crippen molar-refractivity contribution in [3.63, 3.8) is 0 Å². The summed E-state index contributed by atoms with van der Waals surface area (Å²) in [5, 5.41) is 12.2. The average Bonchev–Trinajstić information content (AvgIpc) is 2.35. The quantitative estimate of drug-likeness (QED) is 0.750. The van der Waals surface area contributed by atoms with Gasteiger partial charge >= 0.3 is 13.1 Å². The Morgan fingerprint density at radius 1 is 1.65 bits per heavy atom. The van der Waals surface area contributed by atoms with E-state index in [-0.39, 0.29) is 11.5 Å². The summed E-state index contributed by atoms with van der Waals surface area (Å²) in [7, 11) is 2.91. The normalized spacial score (nSPS) is 18.5. The largest absolute Gasteiger partial charge is 0.543 e. The van der Waals surface area contributed by atoms with Crippen LogP contribution in [0.5, 0.6) is 5.75 Å². The van der Waals surface area contributed by atoms with Crippen LogP contribution in [0.1, 0.15) is 15.9 Å². The smallest absolute Gasteiger partial charge is 0.534 e. The van der Waals surface area contributed by atoms with E-state index in [4.69, 9.17) is 14.4 Å². The Bertz CT molecular complexity index is 437. The molecule has 0 saturated carbocycles. The van der Waals surface area contributed by atoms with E-state index in [0.717, 1.165) is 5.56 Å². The zero-order valence-electron chi connectivity index (χ0n) is 9.77. The third-order valence-corrected chi connectivity index (χ3v) is 2.93. The summed E-state index contributed by atoms with van der Waals surface area (Å²) >= 11 is 0. The highest BCUT2D eigenvalue weighted by molar-refractivity contribution is 6.48. The van der Waals surface area contributed by atoms with E-state index < -0.39 is 13.1 Å². The van der Waals surface area contributed by atoms with E-state index >= 15 is 0 Å². The number of benzene rings is 1. The standard InChI is InChI=1S/C11H14BNO4/c1-13-9-6-7-4-3-5-8(11(14)15)10(7)17-12(9)16-2/h3-5,9,13H,6H2,1-2H3,(H,14,15). The molecule has 1 heterocycles. The molecule has 1 aliphatic heterocycles. The van der Waals surface area contributed by atoms with Gasteiger partial charge in [0.05, 0.1) is 11.5 Å². The van der Waals surface area contributed by atoms with Gasteiger partial charge in [0.2, 0.25) is 0 Å². The van der Waals surface area contributed by atoms with Gasteiger partial charge in [0.15, 0.2) is 0 Å². The Morgan fingerprint density at radius 3 is 3.00 bits per heavy atom. The van der Waals surface area contributed by atoms with Gasteiger partial charge in [0.1, 0.15) is 5.75 Å². The highest BCUT2D eigenvalue weighted by Crippen LogP contribution is 2.30. The molecule has 2 rings (SSSR count). The molecule has 0 aromatic heterocycles. The summed E-state index contributed by atoms with van der Waals surface area (Å²) < 4.78 is 10.8. The molecule has 0 aliphatic carbocycles. The molecule has 0 radical (unpaired) electrons. The van der Waals surface area contributed by atoms with Gasteiger partial charge in [-0.1, -0.05) is 12.1 Å². The molecule has 1 aromatic rings. The van der Waals surface area contributed by atoms with E-state index in [0.29, 0.717) is 12.2 Å². The molecule has 2 N–H and O–H groups in total. The Labute approximate surface area is 99.9 Å². The molecule has 1 atom stereocenters. The second kappa shape index (κ2) is 4.77. The fraction of sp³-hybridized carbons (Fsp3) is 0.364. The predicted octanol–water partition coefficient (Wildman–Crippen LogP) is 0.581. The Balaban J connectivity index is 2.41. The summed E-state index contributed by atoms with van der Waals surface area (Å²) in [6, 6.07) is 5.14. The molecular formula is C11H14BNO4. The third-order valence-electron chi connectivity index (χ3n) is 2.93. The van der Waals surface area contributed by atoms with Crippen molar-refractivity contribution in [2.75, 3.05) is 14.2 Å². The van der Waals surface area contributed by atoms with E-state index in [2.05, 4.69) is 5.32 Å². The van der Waals surface area contributed by atoms with Crippen LogP contribution in [0, 0.1) is 0 Å². The zero-order valence-corrected chi connectivity index (χ0v) is 9.77. The molecular weight excluding hydrogens is 221 g/mol. The summed E-state index contributed by atoms with van der Waals surface area (Å²) in [5.74, 6) is -0.547. The minimum atomic E-state index is -0.986. The molecule has 6 heteroatoms. The van der Waals surface area contributed by atoms with Crippen molar-refractivity contribution >= 4 is 13.1 Å². The first-order valence-corrected chi connectivity index (χ1v) is 5.39. The fourth-order valence-corrected chi connectivity index (χ4v) is 2.04. The number of rotatable bonds is 3. The van der Waals surface area contributed by atoms with Crippen LogP contribution < -0.4 is 9.97 Å². The molecule has 0 fully saturated rings. The molecule has 17 heavy (non-hydrogen) atoms. The van der Waals surface area contributed by atoms with Crippen molar-refractivity contribution in [2.45, 2.75) is 12.4 Å². The highest BCUT2D eigenvalue weighted by atomic mass is 16.6. The predicted molar refractivity (Wildman–Crippen MR) is 63.3 cm³/mol. The van der Waals surface area contributed by atoms with E-state index in [9.17, 15) is 4.79 Å². The maximum absolute atomic E-state index is 11.1. The van der Waals surface area contributed by atoms with E-state index in [1.807, 2.05) is 13.1 Å². The molecule has 0 bridgehead atoms. The number of hydrogen-bond donors (Lipinski definition) is 2. The maximum Gasteiger partial charge on any atom is 0.543 e. The van der Waals surface area contributed by atoms with Gasteiger partial charge in [-0.15, -0.1) is 0 Å². The minimum absolute atomic E-state index is 0.0246. The number of carbonyl (C=O) groups is 1. The highest BCUT2D eigenvalue weighted by Gasteiger charge is 2.37. The lowest BCUT2D eigenvalue weighted by molar-refractivity contribution is 0.0694. The first kappa shape index (κ1) is 11.9. The Morgan fingerprint density at radius 2 is 2.41 bits per heavy atom. The van der Waals surface area contributed by atoms with Gasteiger partial charge in [-0.05, 0) is 25.1 Å². The number of fused-ring (bicyclic) bond motifs is 1. The first-order valence-electron chi connectivity index (χ1n) is 5.39. The topological polar surface area (TPSA) is 67.8 Å². The van der Waals surface area contributed by atoms with Crippen LogP contribution in [0.25, 0.3) is 0 Å². The molecule has 1 unspecified atom stereocenters. The van der Waals surface area contributed by atoms with Crippen LogP contribution in [-0.2, 0) is 11.1 Å². The van der Waals surface area contributed by atoms with Crippen molar-refractivity contribution in [1.29, 1.82) is 0 Å². The number of carboxylic acids is 1. The third kappa shape index (κ3) is 2.14. The summed E-state index contributed by atoms with van der Waals surface area (Å²) in [5.41, 5.74) is 1.07. The molecule has 5 nitrogen and oxygen atoms in total. The van der Waals surface area contributed by atoms with Gasteiger partial charge in [0.25, 0.3) is 0 Å². The van der Waals surface area contributed by atoms with Crippen molar-refractivity contribution in [3.05, 3.63) is 29.3 Å². The van der Waals surface area contributed by atoms with Crippen LogP contribution in [-0.4, -0.2) is 38.3 Å². The summed E-state index contributed by atoms with van der Waals surface area (Å²) in [6.45, 7) is 0. The number of hydrogen-bond acceptors (Lipinski definition) is 4. The number of para-hydroxylation sites is 1. The van der Waals surface area contributed by atoms with Crippen LogP contribution in [0.2, 0.25) is 0 Å². The van der Waals surface area contributed by atoms with Gasteiger partial charge in [-0.25, -0.2) is 4.79 Å². The summed E-state index contributed by atoms with van der Waals surface area (Å²) in [4.78, 5) is 11.1. The fourth-order valence-electron chi connectivity index (χ4n) is 2.04. The number of nitrogens with one attached hydrogen (secondary N) is 1. The number of aromatic carboxylic acids is 1. The Hall–Kier alpha value is -1.53. The van der Waals surface area contributed by atoms with E-state index in [1.54, 1.807) is 13.2 Å². The second-order valence-corrected chi connectivity index (χ2v) is 3.92. The first-order chi connectivity index (χ1) is 8.17. The number of carboxylic acid groups (broad SMARTS) is 1. The van der Waals surface area contributed by atoms with Crippen LogP contribution in [0.4, 0.5) is 0 Å². The lowest BCUT2D eigenvalue weighted by Gasteiger charge is -2.29. The van der Waals surface area contributed by atoms with E-state index in [1.165, 1.54) is 6.07 Å². The van der Waals surface area contributed by atoms with Crippen LogP contribution >= 0.6 is 0 Å². The average molecular weight is 235 g/mol. The molecule has 90 valence electrons. The SMILES string of the molecule is CNC1Cc2cccc(C(=O)O)c2OB1OC. The van der Waals surface area contributed by atoms with Gasteiger partial charge < -0.3 is 19.7 Å². The molecule has 1 aromatic carbocycles. The molecule has 0 saturated heterocycles. The van der Waals surface area contributed by atoms with Gasteiger partial charge in [-0.2, -0.15) is 0 Å². The zero-order chi connectivity index (χ0) is 12.4. The molecule has 1 aliphatic rings. The maximum atomic E-state index is 11.1. The summed E-state index contributed by atoms with van der Waals surface area (Å²) in [6.07, 6.45) is 0.686. The lowest BCUT2D eigenvalue weighted by Crippen LogP contribution is -2.51.